The molecule has 1 atom stereocenters. The Hall–Kier alpha value is -4.06. The second kappa shape index (κ2) is 12.4. The topological polar surface area (TPSA) is 97.6 Å². The van der Waals surface area contributed by atoms with Crippen LogP contribution in [0.3, 0.4) is 0 Å². The minimum Gasteiger partial charge on any atom is -0.481 e. The monoisotopic (exact) mass is 558 g/mol. The summed E-state index contributed by atoms with van der Waals surface area (Å²) in [6, 6.07) is 20.8. The van der Waals surface area contributed by atoms with Gasteiger partial charge < -0.3 is 14.4 Å². The van der Waals surface area contributed by atoms with Gasteiger partial charge in [0, 0.05) is 29.6 Å². The summed E-state index contributed by atoms with van der Waals surface area (Å²) in [5.74, 6) is 5.16. The van der Waals surface area contributed by atoms with Gasteiger partial charge in [-0.15, -0.1) is 5.92 Å². The molecule has 0 bridgehead atoms. The van der Waals surface area contributed by atoms with Crippen molar-refractivity contribution in [2.45, 2.75) is 57.5 Å². The van der Waals surface area contributed by atoms with Gasteiger partial charge >= 0.3 is 5.97 Å². The Morgan fingerprint density at radius 2 is 1.70 bits per heavy atom. The molecule has 2 N–H and O–H groups in total. The number of aliphatic carboxylic acids is 1. The summed E-state index contributed by atoms with van der Waals surface area (Å²) in [4.78, 5) is 12.2. The molecular weight excluding hydrogens is 524 g/mol. The van der Waals surface area contributed by atoms with Gasteiger partial charge in [0.25, 0.3) is 0 Å². The first-order valence-corrected chi connectivity index (χ1v) is 14.6. The van der Waals surface area contributed by atoms with Gasteiger partial charge in [0.2, 0.25) is 10.0 Å². The average Bonchev–Trinajstić information content (AvgIpc) is 3.19. The summed E-state index contributed by atoms with van der Waals surface area (Å²) in [5.41, 5.74) is 5.06. The lowest BCUT2D eigenvalue weighted by Gasteiger charge is -2.16. The summed E-state index contributed by atoms with van der Waals surface area (Å²) < 4.78 is 36.3. The Bertz CT molecular complexity index is 1660. The molecule has 0 saturated heterocycles. The van der Waals surface area contributed by atoms with Gasteiger partial charge in [-0.1, -0.05) is 62.2 Å². The number of para-hydroxylation sites is 1. The van der Waals surface area contributed by atoms with Crippen LogP contribution in [0.5, 0.6) is 5.75 Å². The molecule has 40 heavy (non-hydrogen) atoms. The predicted molar refractivity (Wildman–Crippen MR) is 157 cm³/mol. The molecular formula is C32H34N2O5S. The highest BCUT2D eigenvalue weighted by Crippen LogP contribution is 2.29. The summed E-state index contributed by atoms with van der Waals surface area (Å²) in [5, 5.41) is 10.9. The van der Waals surface area contributed by atoms with Crippen molar-refractivity contribution in [1.82, 2.24) is 9.29 Å². The zero-order chi connectivity index (χ0) is 28.9. The van der Waals surface area contributed by atoms with E-state index >= 15 is 0 Å². The van der Waals surface area contributed by atoms with Crippen LogP contribution >= 0.6 is 0 Å². The van der Waals surface area contributed by atoms with Crippen LogP contribution in [0.4, 0.5) is 0 Å². The summed E-state index contributed by atoms with van der Waals surface area (Å²) in [7, 11) is -4.11. The van der Waals surface area contributed by atoms with Crippen LogP contribution in [0.15, 0.2) is 77.7 Å². The van der Waals surface area contributed by atoms with Crippen molar-refractivity contribution in [3.63, 3.8) is 0 Å². The number of nitrogens with zero attached hydrogens (tertiary/aromatic N) is 1. The number of sulfonamides is 1. The molecule has 0 saturated carbocycles. The first-order valence-electron chi connectivity index (χ1n) is 13.1. The fraction of sp³-hybridized carbons (Fsp3) is 0.281. The van der Waals surface area contributed by atoms with Crippen molar-refractivity contribution in [3.8, 4) is 17.6 Å². The highest BCUT2D eigenvalue weighted by atomic mass is 32.2. The second-order valence-corrected chi connectivity index (χ2v) is 11.7. The van der Waals surface area contributed by atoms with E-state index in [0.29, 0.717) is 18.2 Å². The molecule has 0 radical (unpaired) electrons. The number of rotatable bonds is 11. The SMILES string of the molecule is CC#CCOc1ccc(S(=O)(=O)NC(Cc2c(C)n(Cc3ccc(C(C)C)cc3)c3ccccc23)C(=O)O)cc1. The van der Waals surface area contributed by atoms with Crippen molar-refractivity contribution < 1.29 is 23.1 Å². The maximum atomic E-state index is 13.1. The Balaban J connectivity index is 1.60. The predicted octanol–water partition coefficient (Wildman–Crippen LogP) is 5.50. The maximum absolute atomic E-state index is 13.1. The van der Waals surface area contributed by atoms with E-state index in [1.54, 1.807) is 6.92 Å². The number of hydrogen-bond donors (Lipinski definition) is 2. The van der Waals surface area contributed by atoms with E-state index in [4.69, 9.17) is 4.74 Å². The molecule has 8 heteroatoms. The molecule has 4 rings (SSSR count). The number of hydrogen-bond acceptors (Lipinski definition) is 4. The van der Waals surface area contributed by atoms with Crippen LogP contribution in [0.1, 0.15) is 49.1 Å². The van der Waals surface area contributed by atoms with Gasteiger partial charge in [0.15, 0.2) is 0 Å². The summed E-state index contributed by atoms with van der Waals surface area (Å²) in [6.45, 7) is 8.78. The van der Waals surface area contributed by atoms with Crippen molar-refractivity contribution >= 4 is 26.9 Å². The number of fused-ring (bicyclic) bond motifs is 1. The largest absolute Gasteiger partial charge is 0.481 e. The van der Waals surface area contributed by atoms with Crippen molar-refractivity contribution in [3.05, 3.63) is 95.2 Å². The lowest BCUT2D eigenvalue weighted by Crippen LogP contribution is -2.42. The van der Waals surface area contributed by atoms with Gasteiger partial charge in [0.05, 0.1) is 4.90 Å². The molecule has 1 heterocycles. The van der Waals surface area contributed by atoms with Crippen LogP contribution in [0.2, 0.25) is 0 Å². The average molecular weight is 559 g/mol. The molecule has 4 aromatic rings. The Kier molecular flexibility index (Phi) is 8.98. The highest BCUT2D eigenvalue weighted by molar-refractivity contribution is 7.89. The minimum atomic E-state index is -4.11. The molecule has 3 aromatic carbocycles. The maximum Gasteiger partial charge on any atom is 0.322 e. The molecule has 0 aliphatic rings. The first-order chi connectivity index (χ1) is 19.1. The van der Waals surface area contributed by atoms with Crippen LogP contribution in [-0.4, -0.2) is 36.7 Å². The molecule has 0 aliphatic carbocycles. The number of benzene rings is 3. The highest BCUT2D eigenvalue weighted by Gasteiger charge is 2.28. The van der Waals surface area contributed by atoms with E-state index < -0.39 is 22.0 Å². The Morgan fingerprint density at radius 3 is 2.33 bits per heavy atom. The van der Waals surface area contributed by atoms with Gasteiger partial charge in [-0.25, -0.2) is 8.42 Å². The van der Waals surface area contributed by atoms with Crippen molar-refractivity contribution in [2.24, 2.45) is 0 Å². The number of carboxylic acids is 1. The van der Waals surface area contributed by atoms with E-state index in [2.05, 4.69) is 59.2 Å². The van der Waals surface area contributed by atoms with E-state index in [9.17, 15) is 18.3 Å². The quantitative estimate of drug-likeness (QED) is 0.237. The van der Waals surface area contributed by atoms with E-state index in [-0.39, 0.29) is 17.9 Å². The summed E-state index contributed by atoms with van der Waals surface area (Å²) in [6.07, 6.45) is -0.00290. The summed E-state index contributed by atoms with van der Waals surface area (Å²) >= 11 is 0. The number of nitrogens with one attached hydrogen (secondary N) is 1. The Morgan fingerprint density at radius 1 is 1.02 bits per heavy atom. The number of ether oxygens (including phenoxy) is 1. The van der Waals surface area contributed by atoms with Gasteiger partial charge in [-0.3, -0.25) is 4.79 Å². The number of carboxylic acid groups (broad SMARTS) is 1. The molecule has 1 unspecified atom stereocenters. The van der Waals surface area contributed by atoms with Gasteiger partial charge in [-0.05, 0) is 66.8 Å². The molecule has 0 aliphatic heterocycles. The third kappa shape index (κ3) is 6.56. The van der Waals surface area contributed by atoms with E-state index in [1.165, 1.54) is 29.8 Å². The normalized spacial score (nSPS) is 12.2. The third-order valence-corrected chi connectivity index (χ3v) is 8.46. The lowest BCUT2D eigenvalue weighted by molar-refractivity contribution is -0.138. The van der Waals surface area contributed by atoms with Crippen LogP contribution in [0, 0.1) is 18.8 Å². The smallest absolute Gasteiger partial charge is 0.322 e. The fourth-order valence-electron chi connectivity index (χ4n) is 4.70. The molecule has 0 fully saturated rings. The van der Waals surface area contributed by atoms with Crippen molar-refractivity contribution in [2.75, 3.05) is 6.61 Å². The second-order valence-electron chi connectivity index (χ2n) is 9.97. The molecule has 208 valence electrons. The van der Waals surface area contributed by atoms with Crippen LogP contribution in [-0.2, 0) is 27.8 Å². The number of carbonyl (C=O) groups is 1. The van der Waals surface area contributed by atoms with Crippen molar-refractivity contribution in [1.29, 1.82) is 0 Å². The van der Waals surface area contributed by atoms with Gasteiger partial charge in [-0.2, -0.15) is 4.72 Å². The Labute approximate surface area is 235 Å². The molecule has 7 nitrogen and oxygen atoms in total. The number of aromatic nitrogens is 1. The molecule has 0 amide bonds. The molecule has 0 spiro atoms. The van der Waals surface area contributed by atoms with Crippen LogP contribution < -0.4 is 9.46 Å². The first kappa shape index (κ1) is 28.9. The fourth-order valence-corrected chi connectivity index (χ4v) is 5.89. The zero-order valence-corrected chi connectivity index (χ0v) is 24.0. The standard InChI is InChI=1S/C32H34N2O5S/c1-5-6-19-39-26-15-17-27(18-16-26)40(37,38)33-30(32(35)36)20-29-23(4)34(31-10-8-7-9-28(29)31)21-24-11-13-25(14-12-24)22(2)3/h7-18,22,30,33H,19-21H2,1-4H3,(H,35,36). The molecule has 1 aromatic heterocycles. The lowest BCUT2D eigenvalue weighted by atomic mass is 10.0. The van der Waals surface area contributed by atoms with Crippen LogP contribution in [0.25, 0.3) is 10.9 Å². The zero-order valence-electron chi connectivity index (χ0n) is 23.1. The van der Waals surface area contributed by atoms with Gasteiger partial charge in [0.1, 0.15) is 18.4 Å². The van der Waals surface area contributed by atoms with E-state index in [0.717, 1.165) is 27.7 Å². The van der Waals surface area contributed by atoms with E-state index in [1.807, 2.05) is 31.2 Å². The minimum absolute atomic E-state index is 0.00290. The third-order valence-electron chi connectivity index (χ3n) is 6.97.